The highest BCUT2D eigenvalue weighted by Crippen LogP contribution is 2.33. The zero-order chi connectivity index (χ0) is 10.5. The van der Waals surface area contributed by atoms with Crippen molar-refractivity contribution in [2.75, 3.05) is 0 Å². The normalized spacial score (nSPS) is 17.8. The summed E-state index contributed by atoms with van der Waals surface area (Å²) >= 11 is 0. The molecule has 0 saturated heterocycles. The van der Waals surface area contributed by atoms with E-state index in [-0.39, 0.29) is 11.5 Å². The standard InChI is InChI=1S/C10H12N2O2/c1-10(2)6-4-5-12(3)9(13)7(6)8(11)14-10/h4-5,11H,1-3H3. The molecule has 0 aliphatic carbocycles. The van der Waals surface area contributed by atoms with Crippen molar-refractivity contribution in [1.82, 2.24) is 4.57 Å². The van der Waals surface area contributed by atoms with E-state index in [1.807, 2.05) is 19.9 Å². The van der Waals surface area contributed by atoms with Gasteiger partial charge in [0.05, 0.1) is 0 Å². The molecule has 1 N–H and O–H groups in total. The topological polar surface area (TPSA) is 55.1 Å². The van der Waals surface area contributed by atoms with Gasteiger partial charge in [-0.3, -0.25) is 10.2 Å². The lowest BCUT2D eigenvalue weighted by Gasteiger charge is -2.17. The lowest BCUT2D eigenvalue weighted by atomic mass is 9.98. The van der Waals surface area contributed by atoms with Crippen LogP contribution in [0.5, 0.6) is 0 Å². The fourth-order valence-electron chi connectivity index (χ4n) is 1.71. The minimum atomic E-state index is -0.556. The fourth-order valence-corrected chi connectivity index (χ4v) is 1.71. The first-order valence-electron chi connectivity index (χ1n) is 4.41. The first-order chi connectivity index (χ1) is 6.43. The Morgan fingerprint density at radius 3 is 2.79 bits per heavy atom. The highest BCUT2D eigenvalue weighted by Gasteiger charge is 2.37. The highest BCUT2D eigenvalue weighted by atomic mass is 16.5. The molecule has 74 valence electrons. The van der Waals surface area contributed by atoms with Crippen LogP contribution in [0.15, 0.2) is 17.1 Å². The molecule has 0 radical (unpaired) electrons. The van der Waals surface area contributed by atoms with E-state index in [1.165, 1.54) is 4.57 Å². The van der Waals surface area contributed by atoms with Crippen LogP contribution in [-0.4, -0.2) is 10.5 Å². The van der Waals surface area contributed by atoms with E-state index in [1.54, 1.807) is 13.2 Å². The molecule has 1 aromatic heterocycles. The number of nitrogens with one attached hydrogen (secondary N) is 1. The van der Waals surface area contributed by atoms with Crippen molar-refractivity contribution < 1.29 is 4.74 Å². The Bertz CT molecular complexity index is 472. The maximum absolute atomic E-state index is 11.7. The van der Waals surface area contributed by atoms with Gasteiger partial charge in [0.1, 0.15) is 11.2 Å². The molecule has 0 aromatic carbocycles. The van der Waals surface area contributed by atoms with Gasteiger partial charge in [-0.1, -0.05) is 0 Å². The number of aryl methyl sites for hydroxylation is 1. The quantitative estimate of drug-likeness (QED) is 0.666. The summed E-state index contributed by atoms with van der Waals surface area (Å²) in [5.74, 6) is -0.0220. The predicted molar refractivity (Wildman–Crippen MR) is 52.6 cm³/mol. The molecule has 4 heteroatoms. The number of fused-ring (bicyclic) bond motifs is 1. The molecule has 0 fully saturated rings. The van der Waals surface area contributed by atoms with Gasteiger partial charge in [-0.15, -0.1) is 0 Å². The SMILES string of the molecule is Cn1ccc2c(c1=O)C(=N)OC2(C)C. The molecule has 0 atom stereocenters. The van der Waals surface area contributed by atoms with Crippen molar-refractivity contribution in [2.24, 2.45) is 7.05 Å². The van der Waals surface area contributed by atoms with E-state index >= 15 is 0 Å². The zero-order valence-electron chi connectivity index (χ0n) is 8.42. The highest BCUT2D eigenvalue weighted by molar-refractivity contribution is 5.96. The number of rotatable bonds is 0. The van der Waals surface area contributed by atoms with Crippen LogP contribution in [0.3, 0.4) is 0 Å². The van der Waals surface area contributed by atoms with Crippen LogP contribution < -0.4 is 5.56 Å². The van der Waals surface area contributed by atoms with Crippen molar-refractivity contribution in [2.45, 2.75) is 19.4 Å². The summed E-state index contributed by atoms with van der Waals surface area (Å²) in [7, 11) is 1.67. The maximum Gasteiger partial charge on any atom is 0.263 e. The van der Waals surface area contributed by atoms with Gasteiger partial charge in [0.25, 0.3) is 5.56 Å². The third-order valence-corrected chi connectivity index (χ3v) is 2.50. The summed E-state index contributed by atoms with van der Waals surface area (Å²) in [5, 5.41) is 7.59. The molecular weight excluding hydrogens is 180 g/mol. The zero-order valence-corrected chi connectivity index (χ0v) is 8.42. The van der Waals surface area contributed by atoms with E-state index in [9.17, 15) is 4.79 Å². The lowest BCUT2D eigenvalue weighted by Crippen LogP contribution is -2.23. The predicted octanol–water partition coefficient (Wildman–Crippen LogP) is 0.976. The smallest absolute Gasteiger partial charge is 0.263 e. The minimum Gasteiger partial charge on any atom is -0.467 e. The first-order valence-corrected chi connectivity index (χ1v) is 4.41. The molecular formula is C10H12N2O2. The fraction of sp³-hybridized carbons (Fsp3) is 0.400. The van der Waals surface area contributed by atoms with Crippen LogP contribution in [0.1, 0.15) is 25.0 Å². The van der Waals surface area contributed by atoms with Crippen LogP contribution in [-0.2, 0) is 17.4 Å². The summed E-state index contributed by atoms with van der Waals surface area (Å²) < 4.78 is 6.78. The third kappa shape index (κ3) is 0.999. The van der Waals surface area contributed by atoms with Gasteiger partial charge < -0.3 is 9.30 Å². The molecule has 0 saturated carbocycles. The van der Waals surface area contributed by atoms with E-state index in [2.05, 4.69) is 0 Å². The number of nitrogens with zero attached hydrogens (tertiary/aromatic N) is 1. The minimum absolute atomic E-state index is 0.0220. The van der Waals surface area contributed by atoms with E-state index in [0.717, 1.165) is 5.56 Å². The van der Waals surface area contributed by atoms with Gasteiger partial charge in [-0.25, -0.2) is 0 Å². The second-order valence-electron chi connectivity index (χ2n) is 3.96. The van der Waals surface area contributed by atoms with Crippen molar-refractivity contribution in [3.05, 3.63) is 33.7 Å². The molecule has 2 heterocycles. The number of pyridine rings is 1. The van der Waals surface area contributed by atoms with Crippen LogP contribution in [0, 0.1) is 5.41 Å². The van der Waals surface area contributed by atoms with Crippen LogP contribution >= 0.6 is 0 Å². The third-order valence-electron chi connectivity index (χ3n) is 2.50. The van der Waals surface area contributed by atoms with Gasteiger partial charge in [0, 0.05) is 18.8 Å². The summed E-state index contributed by atoms with van der Waals surface area (Å²) in [6.45, 7) is 3.71. The van der Waals surface area contributed by atoms with Gasteiger partial charge in [0.2, 0.25) is 5.90 Å². The summed E-state index contributed by atoms with van der Waals surface area (Å²) in [6.07, 6.45) is 1.70. The largest absolute Gasteiger partial charge is 0.467 e. The molecule has 14 heavy (non-hydrogen) atoms. The Kier molecular flexibility index (Phi) is 1.58. The molecule has 2 rings (SSSR count). The molecule has 1 aromatic rings. The second kappa shape index (κ2) is 2.47. The van der Waals surface area contributed by atoms with Crippen molar-refractivity contribution >= 4 is 5.90 Å². The summed E-state index contributed by atoms with van der Waals surface area (Å²) in [4.78, 5) is 11.7. The van der Waals surface area contributed by atoms with Gasteiger partial charge in [-0.05, 0) is 19.9 Å². The first kappa shape index (κ1) is 8.99. The Balaban J connectivity index is 2.82. The van der Waals surface area contributed by atoms with Gasteiger partial charge in [-0.2, -0.15) is 0 Å². The van der Waals surface area contributed by atoms with E-state index in [0.29, 0.717) is 5.56 Å². The van der Waals surface area contributed by atoms with Crippen LogP contribution in [0.2, 0.25) is 0 Å². The monoisotopic (exact) mass is 192 g/mol. The van der Waals surface area contributed by atoms with Gasteiger partial charge >= 0.3 is 0 Å². The average Bonchev–Trinajstić information content (AvgIpc) is 2.29. The summed E-state index contributed by atoms with van der Waals surface area (Å²) in [5.41, 5.74) is 0.462. The van der Waals surface area contributed by atoms with Crippen LogP contribution in [0.25, 0.3) is 0 Å². The Morgan fingerprint density at radius 2 is 2.14 bits per heavy atom. The average molecular weight is 192 g/mol. The molecule has 4 nitrogen and oxygen atoms in total. The molecule has 1 aliphatic heterocycles. The Morgan fingerprint density at radius 1 is 1.50 bits per heavy atom. The number of hydrogen-bond donors (Lipinski definition) is 1. The molecule has 0 unspecified atom stereocenters. The molecule has 0 spiro atoms. The maximum atomic E-state index is 11.7. The van der Waals surface area contributed by atoms with Gasteiger partial charge in [0.15, 0.2) is 0 Å². The number of hydrogen-bond acceptors (Lipinski definition) is 3. The molecule has 1 aliphatic rings. The van der Waals surface area contributed by atoms with Crippen molar-refractivity contribution in [1.29, 1.82) is 5.41 Å². The molecule has 0 bridgehead atoms. The Hall–Kier alpha value is -1.58. The second-order valence-corrected chi connectivity index (χ2v) is 3.96. The van der Waals surface area contributed by atoms with E-state index in [4.69, 9.17) is 10.1 Å². The van der Waals surface area contributed by atoms with Crippen molar-refractivity contribution in [3.8, 4) is 0 Å². The Labute approximate surface area is 81.6 Å². The summed E-state index contributed by atoms with van der Waals surface area (Å²) in [6, 6.07) is 1.83. The van der Waals surface area contributed by atoms with Crippen molar-refractivity contribution in [3.63, 3.8) is 0 Å². The molecule has 0 amide bonds. The number of ether oxygens (including phenoxy) is 1. The van der Waals surface area contributed by atoms with E-state index < -0.39 is 5.60 Å². The van der Waals surface area contributed by atoms with Crippen LogP contribution in [0.4, 0.5) is 0 Å². The number of aromatic nitrogens is 1. The lowest BCUT2D eigenvalue weighted by molar-refractivity contribution is 0.110.